The first kappa shape index (κ1) is 15.4. The zero-order valence-electron chi connectivity index (χ0n) is 12.9. The van der Waals surface area contributed by atoms with E-state index in [1.807, 2.05) is 54.6 Å². The second kappa shape index (κ2) is 7.17. The summed E-state index contributed by atoms with van der Waals surface area (Å²) in [5.41, 5.74) is 1.86. The van der Waals surface area contributed by atoms with Gasteiger partial charge in [-0.15, -0.1) is 0 Å². The van der Waals surface area contributed by atoms with Gasteiger partial charge in [-0.1, -0.05) is 42.5 Å². The maximum Gasteiger partial charge on any atom is 0.162 e. The van der Waals surface area contributed by atoms with Crippen LogP contribution in [-0.2, 0) is 4.74 Å². The van der Waals surface area contributed by atoms with E-state index in [1.165, 1.54) is 0 Å². The van der Waals surface area contributed by atoms with E-state index in [9.17, 15) is 0 Å². The molecule has 0 amide bonds. The van der Waals surface area contributed by atoms with Crippen LogP contribution in [0.4, 0.5) is 5.82 Å². The number of nitrogens with one attached hydrogen (secondary N) is 1. The molecular weight excluding hydrogens is 290 g/mol. The van der Waals surface area contributed by atoms with Crippen LogP contribution in [0.5, 0.6) is 0 Å². The van der Waals surface area contributed by atoms with Crippen LogP contribution in [-0.4, -0.2) is 34.5 Å². The van der Waals surface area contributed by atoms with E-state index in [0.717, 1.165) is 22.3 Å². The van der Waals surface area contributed by atoms with Crippen LogP contribution < -0.4 is 5.32 Å². The van der Waals surface area contributed by atoms with Gasteiger partial charge in [-0.2, -0.15) is 0 Å². The standard InChI is InChI=1S/C18H19N3O2/c1-13(22)23-12-11-19-18-15-9-5-6-10-16(15)20-17(21-18)14-7-3-2-4-8-14/h2-10,13,22H,11-12H2,1H3,(H,19,20,21). The van der Waals surface area contributed by atoms with Crippen molar-refractivity contribution in [2.45, 2.75) is 13.2 Å². The Balaban J connectivity index is 1.91. The molecule has 23 heavy (non-hydrogen) atoms. The van der Waals surface area contributed by atoms with Gasteiger partial charge in [0.2, 0.25) is 0 Å². The lowest BCUT2D eigenvalue weighted by molar-refractivity contribution is -0.0811. The highest BCUT2D eigenvalue weighted by Crippen LogP contribution is 2.24. The van der Waals surface area contributed by atoms with Gasteiger partial charge in [-0.25, -0.2) is 9.97 Å². The van der Waals surface area contributed by atoms with Gasteiger partial charge in [0.15, 0.2) is 12.1 Å². The lowest BCUT2D eigenvalue weighted by Gasteiger charge is -2.12. The molecule has 2 N–H and O–H groups in total. The summed E-state index contributed by atoms with van der Waals surface area (Å²) in [5, 5.41) is 13.4. The molecule has 0 aliphatic heterocycles. The summed E-state index contributed by atoms with van der Waals surface area (Å²) in [6, 6.07) is 17.8. The second-order valence-electron chi connectivity index (χ2n) is 5.18. The minimum Gasteiger partial charge on any atom is -0.368 e. The number of rotatable bonds is 6. The number of benzene rings is 2. The van der Waals surface area contributed by atoms with Crippen molar-refractivity contribution in [1.29, 1.82) is 0 Å². The largest absolute Gasteiger partial charge is 0.368 e. The summed E-state index contributed by atoms with van der Waals surface area (Å²) >= 11 is 0. The van der Waals surface area contributed by atoms with Gasteiger partial charge in [0, 0.05) is 17.5 Å². The van der Waals surface area contributed by atoms with Crippen molar-refractivity contribution < 1.29 is 9.84 Å². The first-order valence-electron chi connectivity index (χ1n) is 7.60. The molecule has 1 heterocycles. The molecule has 0 saturated carbocycles. The molecule has 0 saturated heterocycles. The average molecular weight is 309 g/mol. The molecule has 118 valence electrons. The maximum absolute atomic E-state index is 9.14. The van der Waals surface area contributed by atoms with Gasteiger partial charge in [0.25, 0.3) is 0 Å². The molecule has 2 aromatic carbocycles. The Bertz CT molecular complexity index is 776. The molecule has 1 unspecified atom stereocenters. The van der Waals surface area contributed by atoms with Gasteiger partial charge >= 0.3 is 0 Å². The SMILES string of the molecule is CC(O)OCCNc1nc(-c2ccccc2)nc2ccccc12. The summed E-state index contributed by atoms with van der Waals surface area (Å²) in [4.78, 5) is 9.29. The minimum absolute atomic E-state index is 0.399. The number of ether oxygens (including phenoxy) is 1. The van der Waals surface area contributed by atoms with E-state index >= 15 is 0 Å². The molecule has 0 radical (unpaired) electrons. The van der Waals surface area contributed by atoms with Crippen molar-refractivity contribution in [2.24, 2.45) is 0 Å². The molecule has 5 heteroatoms. The summed E-state index contributed by atoms with van der Waals surface area (Å²) in [6.45, 7) is 2.55. The molecule has 0 aliphatic rings. The van der Waals surface area contributed by atoms with Crippen LogP contribution in [0.3, 0.4) is 0 Å². The quantitative estimate of drug-likeness (QED) is 0.541. The highest BCUT2D eigenvalue weighted by Gasteiger charge is 2.08. The van der Waals surface area contributed by atoms with Crippen molar-refractivity contribution in [3.63, 3.8) is 0 Å². The number of hydrogen-bond donors (Lipinski definition) is 2. The Kier molecular flexibility index (Phi) is 4.80. The third kappa shape index (κ3) is 3.83. The molecule has 0 fully saturated rings. The number of aliphatic hydroxyl groups is 1. The minimum atomic E-state index is -0.765. The fourth-order valence-corrected chi connectivity index (χ4v) is 2.33. The normalized spacial score (nSPS) is 12.3. The predicted molar refractivity (Wildman–Crippen MR) is 91.1 cm³/mol. The topological polar surface area (TPSA) is 67.3 Å². The Hall–Kier alpha value is -2.50. The van der Waals surface area contributed by atoms with Gasteiger partial charge in [-0.3, -0.25) is 0 Å². The van der Waals surface area contributed by atoms with Gasteiger partial charge in [0.1, 0.15) is 5.82 Å². The number of aliphatic hydroxyl groups excluding tert-OH is 1. The molecular formula is C18H19N3O2. The smallest absolute Gasteiger partial charge is 0.162 e. The molecule has 0 spiro atoms. The van der Waals surface area contributed by atoms with Crippen LogP contribution in [0.15, 0.2) is 54.6 Å². The van der Waals surface area contributed by atoms with Crippen molar-refractivity contribution in [2.75, 3.05) is 18.5 Å². The van der Waals surface area contributed by atoms with Gasteiger partial charge in [-0.05, 0) is 19.1 Å². The summed E-state index contributed by atoms with van der Waals surface area (Å²) in [6.07, 6.45) is -0.765. The zero-order chi connectivity index (χ0) is 16.1. The van der Waals surface area contributed by atoms with E-state index in [4.69, 9.17) is 9.84 Å². The van der Waals surface area contributed by atoms with Crippen LogP contribution in [0, 0.1) is 0 Å². The number of hydrogen-bond acceptors (Lipinski definition) is 5. The average Bonchev–Trinajstić information content (AvgIpc) is 2.59. The number of para-hydroxylation sites is 1. The van der Waals surface area contributed by atoms with E-state index in [2.05, 4.69) is 15.3 Å². The fourth-order valence-electron chi connectivity index (χ4n) is 2.33. The highest BCUT2D eigenvalue weighted by atomic mass is 16.6. The Morgan fingerprint density at radius 1 is 1.04 bits per heavy atom. The number of nitrogens with zero attached hydrogens (tertiary/aromatic N) is 2. The second-order valence-corrected chi connectivity index (χ2v) is 5.18. The molecule has 3 rings (SSSR count). The first-order chi connectivity index (χ1) is 11.2. The fraction of sp³-hybridized carbons (Fsp3) is 0.222. The van der Waals surface area contributed by atoms with Crippen molar-refractivity contribution in [1.82, 2.24) is 9.97 Å². The highest BCUT2D eigenvalue weighted by molar-refractivity contribution is 5.90. The van der Waals surface area contributed by atoms with Gasteiger partial charge in [0.05, 0.1) is 12.1 Å². The van der Waals surface area contributed by atoms with Crippen LogP contribution in [0.2, 0.25) is 0 Å². The van der Waals surface area contributed by atoms with Gasteiger partial charge < -0.3 is 15.2 Å². The molecule has 3 aromatic rings. The lowest BCUT2D eigenvalue weighted by Crippen LogP contribution is -2.15. The molecule has 5 nitrogen and oxygen atoms in total. The molecule has 0 bridgehead atoms. The van der Waals surface area contributed by atoms with E-state index in [1.54, 1.807) is 6.92 Å². The molecule has 1 atom stereocenters. The van der Waals surface area contributed by atoms with E-state index in [-0.39, 0.29) is 0 Å². The first-order valence-corrected chi connectivity index (χ1v) is 7.60. The third-order valence-corrected chi connectivity index (χ3v) is 3.39. The monoisotopic (exact) mass is 309 g/mol. The summed E-state index contributed by atoms with van der Waals surface area (Å²) in [5.74, 6) is 1.45. The Labute approximate surface area is 135 Å². The Morgan fingerprint density at radius 3 is 2.57 bits per heavy atom. The lowest BCUT2D eigenvalue weighted by atomic mass is 10.2. The number of fused-ring (bicyclic) bond motifs is 1. The summed E-state index contributed by atoms with van der Waals surface area (Å²) < 4.78 is 5.14. The van der Waals surface area contributed by atoms with Crippen molar-refractivity contribution in [3.8, 4) is 11.4 Å². The third-order valence-electron chi connectivity index (χ3n) is 3.39. The van der Waals surface area contributed by atoms with E-state index in [0.29, 0.717) is 19.0 Å². The molecule has 0 aliphatic carbocycles. The number of aromatic nitrogens is 2. The number of anilines is 1. The maximum atomic E-state index is 9.14. The van der Waals surface area contributed by atoms with E-state index < -0.39 is 6.29 Å². The van der Waals surface area contributed by atoms with Crippen LogP contribution in [0.1, 0.15) is 6.92 Å². The predicted octanol–water partition coefficient (Wildman–Crippen LogP) is 3.06. The molecule has 1 aromatic heterocycles. The van der Waals surface area contributed by atoms with Crippen molar-refractivity contribution in [3.05, 3.63) is 54.6 Å². The van der Waals surface area contributed by atoms with Crippen LogP contribution in [0.25, 0.3) is 22.3 Å². The zero-order valence-corrected chi connectivity index (χ0v) is 12.9. The van der Waals surface area contributed by atoms with Crippen LogP contribution >= 0.6 is 0 Å². The summed E-state index contributed by atoms with van der Waals surface area (Å²) in [7, 11) is 0. The Morgan fingerprint density at radius 2 is 1.78 bits per heavy atom. The van der Waals surface area contributed by atoms with Crippen molar-refractivity contribution >= 4 is 16.7 Å².